The van der Waals surface area contributed by atoms with E-state index in [1.807, 2.05) is 0 Å². The number of carbonyl (C=O) groups excluding carboxylic acids is 9. The first-order chi connectivity index (χ1) is 43.6. The van der Waals surface area contributed by atoms with Gasteiger partial charge in [-0.25, -0.2) is 24.0 Å². The standard InChI is InChI=1S/C68H83NO21/c1-5-59(69)81-39-17-19-43-85-67(77)55-45-58(90-66(76)50-27-23-48(24-28-50)64(74)88-54-35-31-52(32-36-54)80-38-14-10-12-16-41-83-61(71)7-3)56(68(78)86-44-20-18-42-84-62(72)8-4)46-57(55)89-65(75)49-25-21-47(22-26-49)63(73)87-53-33-29-51(30-34-53)79-37-13-9-11-15-40-82-60(70)6-2/h5-8,29-36,45-50,69H,1-4,9-28,37-44H2. The lowest BCUT2D eigenvalue weighted by Gasteiger charge is -2.26. The molecule has 5 rings (SSSR count). The molecule has 3 aromatic rings. The van der Waals surface area contributed by atoms with Crippen molar-refractivity contribution in [2.45, 2.75) is 128 Å². The van der Waals surface area contributed by atoms with Crippen LogP contribution in [0.4, 0.5) is 0 Å². The first-order valence-electron chi connectivity index (χ1n) is 30.7. The van der Waals surface area contributed by atoms with Gasteiger partial charge in [0.05, 0.1) is 76.5 Å². The van der Waals surface area contributed by atoms with Crippen LogP contribution in [0.25, 0.3) is 0 Å². The van der Waals surface area contributed by atoms with E-state index >= 15 is 0 Å². The van der Waals surface area contributed by atoms with E-state index in [0.29, 0.717) is 68.7 Å². The van der Waals surface area contributed by atoms with Gasteiger partial charge in [-0.15, -0.1) is 0 Å². The lowest BCUT2D eigenvalue weighted by molar-refractivity contribution is -0.145. The number of rotatable bonds is 40. The summed E-state index contributed by atoms with van der Waals surface area (Å²) in [5, 5.41) is 7.63. The van der Waals surface area contributed by atoms with Gasteiger partial charge in [-0.05, 0) is 183 Å². The van der Waals surface area contributed by atoms with Crippen molar-refractivity contribution in [2.24, 2.45) is 23.7 Å². The number of nitrogens with one attached hydrogen (secondary N) is 1. The molecule has 3 aromatic carbocycles. The maximum absolute atomic E-state index is 14.1. The van der Waals surface area contributed by atoms with E-state index < -0.39 is 77.4 Å². The van der Waals surface area contributed by atoms with E-state index in [-0.39, 0.29) is 113 Å². The molecular weight excluding hydrogens is 1170 g/mol. The minimum absolute atomic E-state index is 0.0233. The van der Waals surface area contributed by atoms with Crippen LogP contribution in [0.5, 0.6) is 34.5 Å². The largest absolute Gasteiger partial charge is 0.494 e. The highest BCUT2D eigenvalue weighted by molar-refractivity contribution is 6.00. The molecule has 0 aliphatic heterocycles. The minimum atomic E-state index is -0.998. The van der Waals surface area contributed by atoms with Crippen LogP contribution >= 0.6 is 0 Å². The van der Waals surface area contributed by atoms with Gasteiger partial charge < -0.3 is 56.8 Å². The van der Waals surface area contributed by atoms with Crippen molar-refractivity contribution in [3.05, 3.63) is 122 Å². The zero-order chi connectivity index (χ0) is 64.9. The monoisotopic (exact) mass is 1250 g/mol. The molecule has 1 N–H and O–H groups in total. The van der Waals surface area contributed by atoms with Crippen LogP contribution < -0.4 is 28.4 Å². The fourth-order valence-corrected chi connectivity index (χ4v) is 9.49. The lowest BCUT2D eigenvalue weighted by Crippen LogP contribution is -2.31. The van der Waals surface area contributed by atoms with E-state index in [4.69, 9.17) is 62.3 Å². The number of benzene rings is 3. The van der Waals surface area contributed by atoms with Gasteiger partial charge in [0.1, 0.15) is 45.6 Å². The molecule has 22 nitrogen and oxygen atoms in total. The van der Waals surface area contributed by atoms with Crippen molar-refractivity contribution in [1.82, 2.24) is 0 Å². The van der Waals surface area contributed by atoms with Crippen molar-refractivity contribution in [3.63, 3.8) is 0 Å². The van der Waals surface area contributed by atoms with Gasteiger partial charge in [-0.1, -0.05) is 26.3 Å². The van der Waals surface area contributed by atoms with Gasteiger partial charge in [0.15, 0.2) is 0 Å². The topological polar surface area (TPSA) is 288 Å². The summed E-state index contributed by atoms with van der Waals surface area (Å²) >= 11 is 0. The van der Waals surface area contributed by atoms with Crippen LogP contribution in [0.15, 0.2) is 111 Å². The third-order valence-corrected chi connectivity index (χ3v) is 14.6. The summed E-state index contributed by atoms with van der Waals surface area (Å²) in [5.74, 6) is -7.57. The predicted octanol–water partition coefficient (Wildman–Crippen LogP) is 11.4. The number of ether oxygens (including phenoxy) is 12. The zero-order valence-corrected chi connectivity index (χ0v) is 51.1. The third-order valence-electron chi connectivity index (χ3n) is 14.6. The van der Waals surface area contributed by atoms with Crippen LogP contribution in [0.1, 0.15) is 149 Å². The molecule has 2 aliphatic rings. The Labute approximate surface area is 525 Å². The van der Waals surface area contributed by atoms with Crippen LogP contribution in [-0.4, -0.2) is 112 Å². The number of esters is 9. The Hall–Kier alpha value is -9.08. The molecule has 0 amide bonds. The van der Waals surface area contributed by atoms with Gasteiger partial charge in [0.25, 0.3) is 0 Å². The fourth-order valence-electron chi connectivity index (χ4n) is 9.49. The Bertz CT molecular complexity index is 2700. The fraction of sp³-hybridized carbons (Fsp3) is 0.471. The van der Waals surface area contributed by atoms with Crippen molar-refractivity contribution in [1.29, 1.82) is 5.41 Å². The molecule has 2 aliphatic carbocycles. The summed E-state index contributed by atoms with van der Waals surface area (Å²) in [6.07, 6.45) is 14.3. The van der Waals surface area contributed by atoms with Gasteiger partial charge in [-0.2, -0.15) is 0 Å². The predicted molar refractivity (Wildman–Crippen MR) is 327 cm³/mol. The minimum Gasteiger partial charge on any atom is -0.494 e. The first kappa shape index (κ1) is 71.7. The molecule has 486 valence electrons. The molecule has 2 fully saturated rings. The molecule has 0 saturated heterocycles. The summed E-state index contributed by atoms with van der Waals surface area (Å²) in [6.45, 7) is 15.1. The molecule has 0 heterocycles. The average molecular weight is 1250 g/mol. The second kappa shape index (κ2) is 40.5. The highest BCUT2D eigenvalue weighted by Gasteiger charge is 2.36. The van der Waals surface area contributed by atoms with Gasteiger partial charge in [0.2, 0.25) is 5.90 Å². The molecule has 0 unspecified atom stereocenters. The Morgan fingerprint density at radius 1 is 0.344 bits per heavy atom. The van der Waals surface area contributed by atoms with Crippen molar-refractivity contribution >= 4 is 59.6 Å². The second-order valence-corrected chi connectivity index (χ2v) is 21.3. The number of unbranched alkanes of at least 4 members (excludes halogenated alkanes) is 8. The summed E-state index contributed by atoms with van der Waals surface area (Å²) in [4.78, 5) is 117. The van der Waals surface area contributed by atoms with Crippen LogP contribution in [-0.2, 0) is 62.0 Å². The van der Waals surface area contributed by atoms with E-state index in [2.05, 4.69) is 26.3 Å². The average Bonchev–Trinajstić information content (AvgIpc) is 1.02. The van der Waals surface area contributed by atoms with E-state index in [1.54, 1.807) is 48.5 Å². The normalized spacial score (nSPS) is 15.8. The third kappa shape index (κ3) is 26.3. The Morgan fingerprint density at radius 2 is 0.611 bits per heavy atom. The molecule has 90 heavy (non-hydrogen) atoms. The highest BCUT2D eigenvalue weighted by atomic mass is 16.6. The molecule has 0 radical (unpaired) electrons. The smallest absolute Gasteiger partial charge is 0.342 e. The number of hydrogen-bond donors (Lipinski definition) is 1. The zero-order valence-electron chi connectivity index (χ0n) is 51.1. The SMILES string of the molecule is C=CC(=N)OCCCCOC(=O)c1cc(OC(=O)C2CCC(C(=O)Oc3ccc(OCCCCCCOC(=O)C=C)cc3)CC2)c(C(=O)OCCCCOC(=O)C=C)cc1OC(=O)C1CCC(C(=O)Oc2ccc(OCCCCCCOC(=O)C=C)cc2)CC1. The summed E-state index contributed by atoms with van der Waals surface area (Å²) in [6, 6.07) is 15.5. The van der Waals surface area contributed by atoms with Crippen LogP contribution in [0.3, 0.4) is 0 Å². The maximum atomic E-state index is 14.1. The molecule has 0 aromatic heterocycles. The van der Waals surface area contributed by atoms with Gasteiger partial charge in [0, 0.05) is 30.4 Å². The highest BCUT2D eigenvalue weighted by Crippen LogP contribution is 2.37. The summed E-state index contributed by atoms with van der Waals surface area (Å²) in [5.41, 5.74) is -0.713. The molecule has 2 saturated carbocycles. The molecule has 22 heteroatoms. The molecule has 0 bridgehead atoms. The van der Waals surface area contributed by atoms with Gasteiger partial charge in [-0.3, -0.25) is 24.6 Å². The van der Waals surface area contributed by atoms with Crippen molar-refractivity contribution in [3.8, 4) is 34.5 Å². The second-order valence-electron chi connectivity index (χ2n) is 21.3. The number of carbonyl (C=O) groups is 9. The Kier molecular flexibility index (Phi) is 32.2. The number of hydrogen-bond acceptors (Lipinski definition) is 22. The summed E-state index contributed by atoms with van der Waals surface area (Å²) < 4.78 is 66.3. The molecule has 0 spiro atoms. The van der Waals surface area contributed by atoms with Gasteiger partial charge >= 0.3 is 53.7 Å². The van der Waals surface area contributed by atoms with E-state index in [0.717, 1.165) is 81.7 Å². The first-order valence-corrected chi connectivity index (χ1v) is 30.7. The molecule has 0 atom stereocenters. The lowest BCUT2D eigenvalue weighted by atomic mass is 9.82. The Balaban J connectivity index is 1.21. The van der Waals surface area contributed by atoms with Crippen LogP contribution in [0.2, 0.25) is 0 Å². The molecular formula is C68H83NO21. The summed E-state index contributed by atoms with van der Waals surface area (Å²) in [7, 11) is 0. The van der Waals surface area contributed by atoms with E-state index in [1.165, 1.54) is 6.08 Å². The Morgan fingerprint density at radius 3 is 0.922 bits per heavy atom. The van der Waals surface area contributed by atoms with Crippen molar-refractivity contribution in [2.75, 3.05) is 52.9 Å². The quantitative estimate of drug-likeness (QED) is 0.0105. The van der Waals surface area contributed by atoms with Crippen molar-refractivity contribution < 1.29 is 100.0 Å². The van der Waals surface area contributed by atoms with Crippen LogP contribution in [0, 0.1) is 29.1 Å². The van der Waals surface area contributed by atoms with E-state index in [9.17, 15) is 43.2 Å². The maximum Gasteiger partial charge on any atom is 0.342 e.